The molecule has 0 radical (unpaired) electrons. The summed E-state index contributed by atoms with van der Waals surface area (Å²) in [6.07, 6.45) is 6.92. The van der Waals surface area contributed by atoms with Gasteiger partial charge in [0.1, 0.15) is 5.75 Å². The predicted molar refractivity (Wildman–Crippen MR) is 93.4 cm³/mol. The quantitative estimate of drug-likeness (QED) is 0.572. The van der Waals surface area contributed by atoms with Gasteiger partial charge in [-0.3, -0.25) is 0 Å². The van der Waals surface area contributed by atoms with Crippen LogP contribution in [-0.2, 0) is 0 Å². The van der Waals surface area contributed by atoms with Crippen LogP contribution in [0.15, 0.2) is 24.3 Å². The molecule has 2 atom stereocenters. The molecular formula is C19H33NO2. The van der Waals surface area contributed by atoms with Crippen molar-refractivity contribution in [1.82, 2.24) is 0 Å². The number of hydrogen-bond acceptors (Lipinski definition) is 3. The lowest BCUT2D eigenvalue weighted by Crippen LogP contribution is -2.20. The number of ether oxygens (including phenoxy) is 1. The van der Waals surface area contributed by atoms with E-state index < -0.39 is 0 Å². The Balaban J connectivity index is 2.47. The number of hydrogen-bond donors (Lipinski definition) is 2. The smallest absolute Gasteiger partial charge is 0.119 e. The molecule has 0 aliphatic heterocycles. The average molecular weight is 307 g/mol. The minimum Gasteiger partial charge on any atom is -0.494 e. The van der Waals surface area contributed by atoms with Crippen LogP contribution in [0.2, 0.25) is 0 Å². The van der Waals surface area contributed by atoms with E-state index >= 15 is 0 Å². The van der Waals surface area contributed by atoms with Gasteiger partial charge in [-0.05, 0) is 55.3 Å². The molecule has 0 saturated carbocycles. The number of nitrogens with two attached hydrogens (primary N) is 1. The first-order valence-corrected chi connectivity index (χ1v) is 8.78. The number of rotatable bonds is 12. The van der Waals surface area contributed by atoms with Crippen molar-refractivity contribution in [2.24, 2.45) is 11.7 Å². The van der Waals surface area contributed by atoms with Gasteiger partial charge in [-0.1, -0.05) is 45.2 Å². The molecule has 1 aromatic rings. The normalized spacial score (nSPS) is 13.8. The molecule has 3 nitrogen and oxygen atoms in total. The summed E-state index contributed by atoms with van der Waals surface area (Å²) in [4.78, 5) is 0. The van der Waals surface area contributed by atoms with Gasteiger partial charge < -0.3 is 15.6 Å². The summed E-state index contributed by atoms with van der Waals surface area (Å²) in [6.45, 7) is 5.93. The van der Waals surface area contributed by atoms with Gasteiger partial charge in [-0.25, -0.2) is 0 Å². The van der Waals surface area contributed by atoms with E-state index in [0.29, 0.717) is 12.5 Å². The van der Waals surface area contributed by atoms with Crippen LogP contribution in [-0.4, -0.2) is 24.9 Å². The van der Waals surface area contributed by atoms with Crippen molar-refractivity contribution in [2.75, 3.05) is 19.8 Å². The minimum atomic E-state index is 0.173. The van der Waals surface area contributed by atoms with Crippen molar-refractivity contribution in [1.29, 1.82) is 0 Å². The first-order valence-electron chi connectivity index (χ1n) is 8.78. The fraction of sp³-hybridized carbons (Fsp3) is 0.684. The SMILES string of the molecule is CCCCCCOc1ccc(C(CC)CC(CN)CO)cc1. The Bertz CT molecular complexity index is 374. The molecular weight excluding hydrogens is 274 g/mol. The lowest BCUT2D eigenvalue weighted by Gasteiger charge is -2.20. The summed E-state index contributed by atoms with van der Waals surface area (Å²) >= 11 is 0. The van der Waals surface area contributed by atoms with Gasteiger partial charge in [-0.2, -0.15) is 0 Å². The van der Waals surface area contributed by atoms with E-state index in [2.05, 4.69) is 38.1 Å². The van der Waals surface area contributed by atoms with Gasteiger partial charge in [0.2, 0.25) is 0 Å². The topological polar surface area (TPSA) is 55.5 Å². The highest BCUT2D eigenvalue weighted by Crippen LogP contribution is 2.28. The van der Waals surface area contributed by atoms with E-state index in [1.165, 1.54) is 24.8 Å². The number of aliphatic hydroxyl groups excluding tert-OH is 1. The molecule has 2 unspecified atom stereocenters. The number of benzene rings is 1. The molecule has 0 saturated heterocycles. The van der Waals surface area contributed by atoms with Crippen LogP contribution in [0.25, 0.3) is 0 Å². The average Bonchev–Trinajstić information content (AvgIpc) is 2.57. The Morgan fingerprint density at radius 3 is 2.36 bits per heavy atom. The summed E-state index contributed by atoms with van der Waals surface area (Å²) in [5, 5.41) is 9.32. The van der Waals surface area contributed by atoms with Crippen LogP contribution in [0, 0.1) is 5.92 Å². The molecule has 0 fully saturated rings. The molecule has 0 spiro atoms. The summed E-state index contributed by atoms with van der Waals surface area (Å²) in [6, 6.07) is 8.43. The Morgan fingerprint density at radius 2 is 1.82 bits per heavy atom. The molecule has 22 heavy (non-hydrogen) atoms. The molecule has 0 heterocycles. The number of aliphatic hydroxyl groups is 1. The molecule has 0 amide bonds. The van der Waals surface area contributed by atoms with E-state index in [1.807, 2.05) is 0 Å². The lowest BCUT2D eigenvalue weighted by molar-refractivity contribution is 0.214. The standard InChI is InChI=1S/C19H33NO2/c1-3-5-6-7-12-22-19-10-8-18(9-11-19)17(4-2)13-16(14-20)15-21/h8-11,16-17,21H,3-7,12-15,20H2,1-2H3. The minimum absolute atomic E-state index is 0.173. The van der Waals surface area contributed by atoms with Crippen LogP contribution < -0.4 is 10.5 Å². The van der Waals surface area contributed by atoms with Crippen LogP contribution in [0.1, 0.15) is 63.9 Å². The van der Waals surface area contributed by atoms with Crippen molar-refractivity contribution >= 4 is 0 Å². The van der Waals surface area contributed by atoms with E-state index in [0.717, 1.165) is 31.6 Å². The summed E-state index contributed by atoms with van der Waals surface area (Å²) in [5.41, 5.74) is 7.01. The maximum Gasteiger partial charge on any atom is 0.119 e. The highest BCUT2D eigenvalue weighted by atomic mass is 16.5. The lowest BCUT2D eigenvalue weighted by atomic mass is 9.87. The molecule has 0 aliphatic rings. The fourth-order valence-corrected chi connectivity index (χ4v) is 2.74. The Labute approximate surface area is 135 Å². The molecule has 3 heteroatoms. The predicted octanol–water partition coefficient (Wildman–Crippen LogP) is 4.10. The molecule has 0 aromatic heterocycles. The van der Waals surface area contributed by atoms with Crippen molar-refractivity contribution in [2.45, 2.75) is 58.3 Å². The van der Waals surface area contributed by atoms with Crippen LogP contribution in [0.3, 0.4) is 0 Å². The molecule has 1 aromatic carbocycles. The third-order valence-corrected chi connectivity index (χ3v) is 4.32. The second kappa shape index (κ2) is 11.5. The third-order valence-electron chi connectivity index (χ3n) is 4.32. The van der Waals surface area contributed by atoms with Crippen molar-refractivity contribution in [3.05, 3.63) is 29.8 Å². The summed E-state index contributed by atoms with van der Waals surface area (Å²) in [7, 11) is 0. The fourth-order valence-electron chi connectivity index (χ4n) is 2.74. The van der Waals surface area contributed by atoms with Gasteiger partial charge in [-0.15, -0.1) is 0 Å². The van der Waals surface area contributed by atoms with Crippen molar-refractivity contribution in [3.63, 3.8) is 0 Å². The van der Waals surface area contributed by atoms with Gasteiger partial charge in [0.25, 0.3) is 0 Å². The third kappa shape index (κ3) is 6.80. The van der Waals surface area contributed by atoms with E-state index in [9.17, 15) is 5.11 Å². The molecule has 0 aliphatic carbocycles. The van der Waals surface area contributed by atoms with Crippen molar-refractivity contribution < 1.29 is 9.84 Å². The Hall–Kier alpha value is -1.06. The second-order valence-electron chi connectivity index (χ2n) is 6.10. The van der Waals surface area contributed by atoms with Crippen LogP contribution in [0.5, 0.6) is 5.75 Å². The number of unbranched alkanes of at least 4 members (excludes halogenated alkanes) is 3. The maximum atomic E-state index is 9.32. The largest absolute Gasteiger partial charge is 0.494 e. The van der Waals surface area contributed by atoms with Crippen LogP contribution in [0.4, 0.5) is 0 Å². The molecule has 1 rings (SSSR count). The van der Waals surface area contributed by atoms with Gasteiger partial charge >= 0.3 is 0 Å². The van der Waals surface area contributed by atoms with E-state index in [-0.39, 0.29) is 12.5 Å². The molecule has 3 N–H and O–H groups in total. The van der Waals surface area contributed by atoms with E-state index in [1.54, 1.807) is 0 Å². The zero-order valence-corrected chi connectivity index (χ0v) is 14.3. The highest BCUT2D eigenvalue weighted by Gasteiger charge is 2.15. The van der Waals surface area contributed by atoms with Gasteiger partial charge in [0.15, 0.2) is 0 Å². The van der Waals surface area contributed by atoms with Gasteiger partial charge in [0.05, 0.1) is 6.61 Å². The molecule has 0 bridgehead atoms. The monoisotopic (exact) mass is 307 g/mol. The zero-order valence-electron chi connectivity index (χ0n) is 14.3. The zero-order chi connectivity index (χ0) is 16.2. The van der Waals surface area contributed by atoms with Crippen molar-refractivity contribution in [3.8, 4) is 5.75 Å². The first-order chi connectivity index (χ1) is 10.7. The van der Waals surface area contributed by atoms with Crippen LogP contribution >= 0.6 is 0 Å². The Kier molecular flexibility index (Phi) is 9.93. The maximum absolute atomic E-state index is 9.32. The summed E-state index contributed by atoms with van der Waals surface area (Å²) < 4.78 is 5.78. The highest BCUT2D eigenvalue weighted by molar-refractivity contribution is 5.29. The summed E-state index contributed by atoms with van der Waals surface area (Å²) in [5.74, 6) is 1.60. The first kappa shape index (κ1) is 19.0. The van der Waals surface area contributed by atoms with E-state index in [4.69, 9.17) is 10.5 Å². The molecule has 126 valence electrons. The Morgan fingerprint density at radius 1 is 1.09 bits per heavy atom. The second-order valence-corrected chi connectivity index (χ2v) is 6.10. The van der Waals surface area contributed by atoms with Gasteiger partial charge in [0, 0.05) is 6.61 Å².